The highest BCUT2D eigenvalue weighted by Crippen LogP contribution is 2.16. The fraction of sp³-hybridized carbons (Fsp3) is 0.562. The summed E-state index contributed by atoms with van der Waals surface area (Å²) in [7, 11) is 4.09. The van der Waals surface area contributed by atoms with Crippen LogP contribution in [0, 0.1) is 5.92 Å². The molecule has 110 valence electrons. The zero-order valence-corrected chi connectivity index (χ0v) is 12.5. The first-order valence-electron chi connectivity index (χ1n) is 7.38. The van der Waals surface area contributed by atoms with E-state index < -0.39 is 0 Å². The first kappa shape index (κ1) is 15.0. The minimum atomic E-state index is 0.126. The monoisotopic (exact) mass is 275 g/mol. The molecular formula is C16H25N3O. The van der Waals surface area contributed by atoms with Gasteiger partial charge >= 0.3 is 0 Å². The number of hydrogen-bond donors (Lipinski definition) is 2. The molecule has 1 unspecified atom stereocenters. The van der Waals surface area contributed by atoms with Crippen LogP contribution >= 0.6 is 0 Å². The number of amides is 1. The molecule has 20 heavy (non-hydrogen) atoms. The molecule has 0 bridgehead atoms. The van der Waals surface area contributed by atoms with Crippen LogP contribution in [0.1, 0.15) is 24.8 Å². The Kier molecular flexibility index (Phi) is 5.56. The van der Waals surface area contributed by atoms with Crippen molar-refractivity contribution in [3.05, 3.63) is 29.8 Å². The summed E-state index contributed by atoms with van der Waals surface area (Å²) in [5.74, 6) is 0.606. The molecule has 1 fully saturated rings. The third-order valence-electron chi connectivity index (χ3n) is 3.58. The standard InChI is InChI=1S/C16H25N3O/c1-19(2)12-14-5-3-7-15(9-14)18-16(20)10-13-6-4-8-17-11-13/h3,5,7,9,13,17H,4,6,8,10-12H2,1-2H3,(H,18,20). The van der Waals surface area contributed by atoms with Gasteiger partial charge in [-0.05, 0) is 63.6 Å². The Morgan fingerprint density at radius 2 is 2.30 bits per heavy atom. The van der Waals surface area contributed by atoms with Gasteiger partial charge in [0.15, 0.2) is 0 Å². The number of benzene rings is 1. The summed E-state index contributed by atoms with van der Waals surface area (Å²) in [6.45, 7) is 2.94. The molecule has 2 rings (SSSR count). The number of rotatable bonds is 5. The predicted molar refractivity (Wildman–Crippen MR) is 82.7 cm³/mol. The average Bonchev–Trinajstić information content (AvgIpc) is 2.39. The molecule has 2 N–H and O–H groups in total. The number of piperidine rings is 1. The minimum absolute atomic E-state index is 0.126. The lowest BCUT2D eigenvalue weighted by molar-refractivity contribution is -0.117. The second kappa shape index (κ2) is 7.41. The number of hydrogen-bond acceptors (Lipinski definition) is 3. The molecule has 0 aromatic heterocycles. The van der Waals surface area contributed by atoms with Crippen molar-refractivity contribution in [1.82, 2.24) is 10.2 Å². The van der Waals surface area contributed by atoms with Crippen molar-refractivity contribution in [3.63, 3.8) is 0 Å². The van der Waals surface area contributed by atoms with Crippen LogP contribution in [0.25, 0.3) is 0 Å². The molecule has 1 aliphatic rings. The molecule has 0 aliphatic carbocycles. The Bertz CT molecular complexity index is 439. The average molecular weight is 275 g/mol. The summed E-state index contributed by atoms with van der Waals surface area (Å²) in [6, 6.07) is 8.09. The van der Waals surface area contributed by atoms with Crippen molar-refractivity contribution in [1.29, 1.82) is 0 Å². The zero-order valence-electron chi connectivity index (χ0n) is 12.5. The van der Waals surface area contributed by atoms with Crippen molar-refractivity contribution in [3.8, 4) is 0 Å². The van der Waals surface area contributed by atoms with Crippen molar-refractivity contribution < 1.29 is 4.79 Å². The fourth-order valence-electron chi connectivity index (χ4n) is 2.69. The highest BCUT2D eigenvalue weighted by Gasteiger charge is 2.16. The number of carbonyl (C=O) groups is 1. The third-order valence-corrected chi connectivity index (χ3v) is 3.58. The van der Waals surface area contributed by atoms with Crippen molar-refractivity contribution in [2.75, 3.05) is 32.5 Å². The molecule has 1 aromatic rings. The maximum absolute atomic E-state index is 12.1. The minimum Gasteiger partial charge on any atom is -0.326 e. The number of carbonyl (C=O) groups excluding carboxylic acids is 1. The van der Waals surface area contributed by atoms with Crippen LogP contribution in [0.4, 0.5) is 5.69 Å². The lowest BCUT2D eigenvalue weighted by Gasteiger charge is -2.22. The first-order valence-corrected chi connectivity index (χ1v) is 7.38. The van der Waals surface area contributed by atoms with Gasteiger partial charge in [-0.2, -0.15) is 0 Å². The molecule has 0 saturated carbocycles. The van der Waals surface area contributed by atoms with Crippen LogP contribution in [0.2, 0.25) is 0 Å². The fourth-order valence-corrected chi connectivity index (χ4v) is 2.69. The van der Waals surface area contributed by atoms with E-state index in [1.54, 1.807) is 0 Å². The molecule has 0 radical (unpaired) electrons. The van der Waals surface area contributed by atoms with Crippen LogP contribution in [-0.4, -0.2) is 38.0 Å². The van der Waals surface area contributed by atoms with Gasteiger partial charge in [-0.3, -0.25) is 4.79 Å². The summed E-state index contributed by atoms with van der Waals surface area (Å²) in [4.78, 5) is 14.2. The third kappa shape index (κ3) is 4.94. The summed E-state index contributed by atoms with van der Waals surface area (Å²) >= 11 is 0. The Labute approximate surface area is 121 Å². The quantitative estimate of drug-likeness (QED) is 0.864. The van der Waals surface area contributed by atoms with Gasteiger partial charge < -0.3 is 15.5 Å². The Morgan fingerprint density at radius 3 is 3.00 bits per heavy atom. The van der Waals surface area contributed by atoms with Gasteiger partial charge in [0.05, 0.1) is 0 Å². The Morgan fingerprint density at radius 1 is 1.45 bits per heavy atom. The van der Waals surface area contributed by atoms with Gasteiger partial charge in [0.25, 0.3) is 0 Å². The van der Waals surface area contributed by atoms with E-state index in [4.69, 9.17) is 0 Å². The molecule has 1 aromatic carbocycles. The van der Waals surface area contributed by atoms with Gasteiger partial charge in [0.2, 0.25) is 5.91 Å². The smallest absolute Gasteiger partial charge is 0.224 e. The molecule has 1 saturated heterocycles. The van der Waals surface area contributed by atoms with Crippen LogP contribution < -0.4 is 10.6 Å². The van der Waals surface area contributed by atoms with E-state index in [0.717, 1.165) is 31.7 Å². The second-order valence-electron chi connectivity index (χ2n) is 5.90. The topological polar surface area (TPSA) is 44.4 Å². The van der Waals surface area contributed by atoms with Gasteiger partial charge in [-0.1, -0.05) is 12.1 Å². The van der Waals surface area contributed by atoms with Crippen LogP contribution in [0.5, 0.6) is 0 Å². The normalized spacial score (nSPS) is 19.1. The summed E-state index contributed by atoms with van der Waals surface area (Å²) in [5, 5.41) is 6.37. The van der Waals surface area contributed by atoms with E-state index in [0.29, 0.717) is 12.3 Å². The highest BCUT2D eigenvalue weighted by atomic mass is 16.1. The number of anilines is 1. The molecule has 0 spiro atoms. The molecule has 4 nitrogen and oxygen atoms in total. The van der Waals surface area contributed by atoms with Gasteiger partial charge in [0, 0.05) is 18.7 Å². The van der Waals surface area contributed by atoms with Gasteiger partial charge in [-0.15, -0.1) is 0 Å². The van der Waals surface area contributed by atoms with E-state index in [-0.39, 0.29) is 5.91 Å². The summed E-state index contributed by atoms with van der Waals surface area (Å²) in [6.07, 6.45) is 2.95. The van der Waals surface area contributed by atoms with E-state index >= 15 is 0 Å². The zero-order chi connectivity index (χ0) is 14.4. The predicted octanol–water partition coefficient (Wildman–Crippen LogP) is 2.08. The number of nitrogens with one attached hydrogen (secondary N) is 2. The van der Waals surface area contributed by atoms with E-state index in [9.17, 15) is 4.79 Å². The van der Waals surface area contributed by atoms with Crippen molar-refractivity contribution >= 4 is 11.6 Å². The van der Waals surface area contributed by atoms with Gasteiger partial charge in [0.1, 0.15) is 0 Å². The van der Waals surface area contributed by atoms with Crippen molar-refractivity contribution in [2.45, 2.75) is 25.8 Å². The van der Waals surface area contributed by atoms with Crippen LogP contribution in [0.3, 0.4) is 0 Å². The first-order chi connectivity index (χ1) is 9.63. The van der Waals surface area contributed by atoms with E-state index in [2.05, 4.69) is 27.7 Å². The molecule has 1 aliphatic heterocycles. The van der Waals surface area contributed by atoms with Gasteiger partial charge in [-0.25, -0.2) is 0 Å². The molecule has 1 heterocycles. The molecule has 4 heteroatoms. The lowest BCUT2D eigenvalue weighted by Crippen LogP contribution is -2.32. The molecular weight excluding hydrogens is 250 g/mol. The highest BCUT2D eigenvalue weighted by molar-refractivity contribution is 5.90. The maximum Gasteiger partial charge on any atom is 0.224 e. The Hall–Kier alpha value is -1.39. The van der Waals surface area contributed by atoms with Crippen LogP contribution in [-0.2, 0) is 11.3 Å². The van der Waals surface area contributed by atoms with E-state index in [1.165, 1.54) is 12.0 Å². The maximum atomic E-state index is 12.1. The largest absolute Gasteiger partial charge is 0.326 e. The summed E-state index contributed by atoms with van der Waals surface area (Å²) in [5.41, 5.74) is 2.12. The Balaban J connectivity index is 1.86. The SMILES string of the molecule is CN(C)Cc1cccc(NC(=O)CC2CCCNC2)c1. The van der Waals surface area contributed by atoms with E-state index in [1.807, 2.05) is 26.2 Å². The molecule has 1 amide bonds. The van der Waals surface area contributed by atoms with Crippen LogP contribution in [0.15, 0.2) is 24.3 Å². The second-order valence-corrected chi connectivity index (χ2v) is 5.90. The number of nitrogens with zero attached hydrogens (tertiary/aromatic N) is 1. The lowest BCUT2D eigenvalue weighted by atomic mass is 9.96. The summed E-state index contributed by atoms with van der Waals surface area (Å²) < 4.78 is 0. The van der Waals surface area contributed by atoms with Crippen molar-refractivity contribution in [2.24, 2.45) is 5.92 Å². The molecule has 1 atom stereocenters.